The summed E-state index contributed by atoms with van der Waals surface area (Å²) >= 11 is 6.39. The molecule has 1 aromatic heterocycles. The Balaban J connectivity index is 2.59. The second-order valence-corrected chi connectivity index (χ2v) is 5.00. The molecule has 2 aromatic rings. The van der Waals surface area contributed by atoms with Crippen LogP contribution in [0.3, 0.4) is 0 Å². The second-order valence-electron chi connectivity index (χ2n) is 4.60. The van der Waals surface area contributed by atoms with Crippen molar-refractivity contribution in [1.82, 2.24) is 4.57 Å². The van der Waals surface area contributed by atoms with Crippen LogP contribution in [0.25, 0.3) is 11.3 Å². The van der Waals surface area contributed by atoms with Crippen LogP contribution in [0.15, 0.2) is 36.4 Å². The van der Waals surface area contributed by atoms with Crippen molar-refractivity contribution in [2.45, 2.75) is 26.5 Å². The first-order chi connectivity index (χ1) is 8.65. The fraction of sp³-hybridized carbons (Fsp3) is 0.333. The lowest BCUT2D eigenvalue weighted by molar-refractivity contribution is 0.177. The molecule has 0 aliphatic carbocycles. The molecule has 96 valence electrons. The van der Waals surface area contributed by atoms with Gasteiger partial charge in [-0.1, -0.05) is 41.9 Å². The molecular weight excluding hydrogens is 246 g/mol. The summed E-state index contributed by atoms with van der Waals surface area (Å²) in [7, 11) is 1.70. The molecule has 0 saturated carbocycles. The van der Waals surface area contributed by atoms with Gasteiger partial charge in [-0.3, -0.25) is 0 Å². The summed E-state index contributed by atoms with van der Waals surface area (Å²) in [5.74, 6) is 0. The Morgan fingerprint density at radius 1 is 1.22 bits per heavy atom. The molecule has 0 saturated heterocycles. The van der Waals surface area contributed by atoms with Crippen LogP contribution >= 0.6 is 11.6 Å². The maximum atomic E-state index is 6.39. The topological polar surface area (TPSA) is 14.2 Å². The molecule has 18 heavy (non-hydrogen) atoms. The van der Waals surface area contributed by atoms with Gasteiger partial charge in [0.25, 0.3) is 0 Å². The van der Waals surface area contributed by atoms with Gasteiger partial charge in [-0.2, -0.15) is 0 Å². The third-order valence-electron chi connectivity index (χ3n) is 2.93. The van der Waals surface area contributed by atoms with E-state index in [0.717, 1.165) is 22.0 Å². The summed E-state index contributed by atoms with van der Waals surface area (Å²) in [5.41, 5.74) is 3.31. The van der Waals surface area contributed by atoms with Crippen molar-refractivity contribution in [2.75, 3.05) is 7.11 Å². The fourth-order valence-corrected chi connectivity index (χ4v) is 2.59. The summed E-state index contributed by atoms with van der Waals surface area (Å²) in [4.78, 5) is 0. The summed E-state index contributed by atoms with van der Waals surface area (Å²) in [6.07, 6.45) is 0. The molecule has 0 amide bonds. The van der Waals surface area contributed by atoms with Gasteiger partial charge in [0.2, 0.25) is 0 Å². The van der Waals surface area contributed by atoms with Crippen LogP contribution in [0, 0.1) is 0 Å². The number of hydrogen-bond donors (Lipinski definition) is 0. The van der Waals surface area contributed by atoms with Gasteiger partial charge < -0.3 is 9.30 Å². The number of aromatic nitrogens is 1. The molecule has 2 nitrogen and oxygen atoms in total. The summed E-state index contributed by atoms with van der Waals surface area (Å²) in [6, 6.07) is 12.6. The van der Waals surface area contributed by atoms with Crippen LogP contribution < -0.4 is 0 Å². The van der Waals surface area contributed by atoms with Crippen molar-refractivity contribution in [3.05, 3.63) is 47.1 Å². The SMILES string of the molecule is COCc1cc(Cl)c(-c2ccccc2)n1C(C)C. The first-order valence-electron chi connectivity index (χ1n) is 6.09. The van der Waals surface area contributed by atoms with Gasteiger partial charge in [-0.25, -0.2) is 0 Å². The van der Waals surface area contributed by atoms with E-state index in [9.17, 15) is 0 Å². The van der Waals surface area contributed by atoms with E-state index in [2.05, 4.69) is 30.5 Å². The molecule has 1 aromatic carbocycles. The Bertz CT molecular complexity index is 517. The van der Waals surface area contributed by atoms with Gasteiger partial charge >= 0.3 is 0 Å². The van der Waals surface area contributed by atoms with Crippen molar-refractivity contribution in [3.63, 3.8) is 0 Å². The summed E-state index contributed by atoms with van der Waals surface area (Å²) < 4.78 is 7.48. The van der Waals surface area contributed by atoms with Gasteiger partial charge in [0.05, 0.1) is 17.3 Å². The molecule has 0 fully saturated rings. The van der Waals surface area contributed by atoms with Crippen LogP contribution in [0.1, 0.15) is 25.6 Å². The number of benzene rings is 1. The molecule has 0 spiro atoms. The molecule has 0 radical (unpaired) electrons. The zero-order chi connectivity index (χ0) is 13.1. The molecule has 2 rings (SSSR count). The van der Waals surface area contributed by atoms with E-state index in [4.69, 9.17) is 16.3 Å². The fourth-order valence-electron chi connectivity index (χ4n) is 2.26. The third kappa shape index (κ3) is 2.45. The first kappa shape index (κ1) is 13.2. The number of hydrogen-bond acceptors (Lipinski definition) is 1. The Morgan fingerprint density at radius 2 is 1.89 bits per heavy atom. The molecular formula is C15H18ClNO. The molecule has 0 aliphatic rings. The third-order valence-corrected chi connectivity index (χ3v) is 3.21. The zero-order valence-electron chi connectivity index (χ0n) is 11.0. The van der Waals surface area contributed by atoms with E-state index in [1.807, 2.05) is 24.3 Å². The molecule has 3 heteroatoms. The Hall–Kier alpha value is -1.25. The normalized spacial score (nSPS) is 11.2. The lowest BCUT2D eigenvalue weighted by Crippen LogP contribution is -2.08. The quantitative estimate of drug-likeness (QED) is 0.790. The summed E-state index contributed by atoms with van der Waals surface area (Å²) in [6.45, 7) is 4.88. The van der Waals surface area contributed by atoms with E-state index in [1.54, 1.807) is 7.11 Å². The average Bonchev–Trinajstić information content (AvgIpc) is 2.67. The number of rotatable bonds is 4. The highest BCUT2D eigenvalue weighted by atomic mass is 35.5. The van der Waals surface area contributed by atoms with Crippen LogP contribution in [-0.2, 0) is 11.3 Å². The molecule has 0 unspecified atom stereocenters. The van der Waals surface area contributed by atoms with Crippen LogP contribution in [0.2, 0.25) is 5.02 Å². The number of nitrogens with zero attached hydrogens (tertiary/aromatic N) is 1. The Labute approximate surface area is 113 Å². The Kier molecular flexibility index (Phi) is 4.10. The van der Waals surface area contributed by atoms with E-state index in [1.165, 1.54) is 0 Å². The minimum Gasteiger partial charge on any atom is -0.378 e. The van der Waals surface area contributed by atoms with Crippen LogP contribution in [-0.4, -0.2) is 11.7 Å². The lowest BCUT2D eigenvalue weighted by Gasteiger charge is -2.17. The standard InChI is InChI=1S/C15H18ClNO/c1-11(2)17-13(10-18-3)9-14(16)15(17)12-7-5-4-6-8-12/h4-9,11H,10H2,1-3H3. The maximum absolute atomic E-state index is 6.39. The van der Waals surface area contributed by atoms with Gasteiger partial charge in [-0.05, 0) is 25.5 Å². The molecule has 0 bridgehead atoms. The monoisotopic (exact) mass is 263 g/mol. The van der Waals surface area contributed by atoms with Crippen molar-refractivity contribution in [3.8, 4) is 11.3 Å². The predicted octanol–water partition coefficient (Wildman–Crippen LogP) is 4.54. The van der Waals surface area contributed by atoms with E-state index in [-0.39, 0.29) is 0 Å². The molecule has 0 atom stereocenters. The van der Waals surface area contributed by atoms with E-state index >= 15 is 0 Å². The number of ether oxygens (including phenoxy) is 1. The van der Waals surface area contributed by atoms with Gasteiger partial charge in [0, 0.05) is 18.8 Å². The smallest absolute Gasteiger partial charge is 0.0864 e. The van der Waals surface area contributed by atoms with Gasteiger partial charge in [0.15, 0.2) is 0 Å². The lowest BCUT2D eigenvalue weighted by atomic mass is 10.1. The van der Waals surface area contributed by atoms with Crippen molar-refractivity contribution < 1.29 is 4.74 Å². The highest BCUT2D eigenvalue weighted by Gasteiger charge is 2.17. The van der Waals surface area contributed by atoms with Crippen molar-refractivity contribution in [1.29, 1.82) is 0 Å². The van der Waals surface area contributed by atoms with Crippen molar-refractivity contribution in [2.24, 2.45) is 0 Å². The largest absolute Gasteiger partial charge is 0.378 e. The van der Waals surface area contributed by atoms with Crippen LogP contribution in [0.5, 0.6) is 0 Å². The van der Waals surface area contributed by atoms with E-state index < -0.39 is 0 Å². The zero-order valence-corrected chi connectivity index (χ0v) is 11.7. The maximum Gasteiger partial charge on any atom is 0.0864 e. The molecule has 1 heterocycles. The van der Waals surface area contributed by atoms with Crippen LogP contribution in [0.4, 0.5) is 0 Å². The number of halogens is 1. The highest BCUT2D eigenvalue weighted by molar-refractivity contribution is 6.33. The Morgan fingerprint density at radius 3 is 2.44 bits per heavy atom. The average molecular weight is 264 g/mol. The highest BCUT2D eigenvalue weighted by Crippen LogP contribution is 2.34. The first-order valence-corrected chi connectivity index (χ1v) is 6.47. The minimum absolute atomic E-state index is 0.345. The summed E-state index contributed by atoms with van der Waals surface area (Å²) in [5, 5.41) is 0.780. The van der Waals surface area contributed by atoms with Gasteiger partial charge in [-0.15, -0.1) is 0 Å². The van der Waals surface area contributed by atoms with Gasteiger partial charge in [0.1, 0.15) is 0 Å². The number of methoxy groups -OCH3 is 1. The van der Waals surface area contributed by atoms with E-state index in [0.29, 0.717) is 12.6 Å². The predicted molar refractivity (Wildman–Crippen MR) is 76.0 cm³/mol. The molecule has 0 aliphatic heterocycles. The molecule has 0 N–H and O–H groups in total. The van der Waals surface area contributed by atoms with Crippen molar-refractivity contribution >= 4 is 11.6 Å². The minimum atomic E-state index is 0.345. The second kappa shape index (κ2) is 5.59.